The van der Waals surface area contributed by atoms with E-state index in [4.69, 9.17) is 16.2 Å². The molecule has 0 spiro atoms. The quantitative estimate of drug-likeness (QED) is 0.563. The lowest BCUT2D eigenvalue weighted by atomic mass is 10.1. The molecule has 2 aromatic carbocycles. The maximum absolute atomic E-state index is 12.5. The van der Waals surface area contributed by atoms with E-state index in [0.717, 1.165) is 25.7 Å². The van der Waals surface area contributed by atoms with Crippen LogP contribution in [-0.4, -0.2) is 34.0 Å². The van der Waals surface area contributed by atoms with Gasteiger partial charge >= 0.3 is 6.18 Å². The molecular weight excluding hydrogens is 421 g/mol. The summed E-state index contributed by atoms with van der Waals surface area (Å²) in [7, 11) is -1.20. The van der Waals surface area contributed by atoms with Gasteiger partial charge in [-0.3, -0.25) is 4.21 Å². The van der Waals surface area contributed by atoms with Crippen molar-refractivity contribution in [2.24, 2.45) is 11.5 Å². The van der Waals surface area contributed by atoms with Crippen molar-refractivity contribution in [3.05, 3.63) is 42.0 Å². The Bertz CT molecular complexity index is 1050. The molecule has 0 aliphatic rings. The van der Waals surface area contributed by atoms with E-state index in [1.807, 2.05) is 32.0 Å². The summed E-state index contributed by atoms with van der Waals surface area (Å²) in [6.45, 7) is 2.64. The van der Waals surface area contributed by atoms with Crippen LogP contribution in [0, 0.1) is 0 Å². The monoisotopic (exact) mass is 444 g/mol. The molecule has 0 saturated carbocycles. The van der Waals surface area contributed by atoms with Crippen molar-refractivity contribution in [1.82, 2.24) is 0 Å². The first-order valence-corrected chi connectivity index (χ1v) is 11.1. The number of thiophene rings is 1. The first-order valence-electron chi connectivity index (χ1n) is 9.00. The van der Waals surface area contributed by atoms with Crippen molar-refractivity contribution < 1.29 is 22.1 Å². The SMILES string of the molecule is CC(C)(CN)S(=O)CC(N)c1ccc2sc3ccc(OCC(F)(F)F)cc3c2c1. The Morgan fingerprint density at radius 1 is 1.10 bits per heavy atom. The van der Waals surface area contributed by atoms with Gasteiger partial charge < -0.3 is 16.2 Å². The third kappa shape index (κ3) is 5.09. The summed E-state index contributed by atoms with van der Waals surface area (Å²) in [6, 6.07) is 10.2. The van der Waals surface area contributed by atoms with Crippen molar-refractivity contribution in [2.75, 3.05) is 18.9 Å². The summed E-state index contributed by atoms with van der Waals surface area (Å²) in [5.41, 5.74) is 12.8. The van der Waals surface area contributed by atoms with Crippen LogP contribution in [0.1, 0.15) is 25.5 Å². The molecular formula is C20H23F3N2O2S2. The van der Waals surface area contributed by atoms with Gasteiger partial charge in [0.1, 0.15) is 5.75 Å². The Labute approximate surface area is 173 Å². The fourth-order valence-corrected chi connectivity index (χ4v) is 5.06. The number of ether oxygens (including phenoxy) is 1. The van der Waals surface area contributed by atoms with Gasteiger partial charge in [0.15, 0.2) is 6.61 Å². The van der Waals surface area contributed by atoms with Crippen LogP contribution in [0.2, 0.25) is 0 Å². The predicted octanol–water partition coefficient (Wildman–Crippen LogP) is 4.48. The van der Waals surface area contributed by atoms with E-state index in [1.165, 1.54) is 6.07 Å². The Kier molecular flexibility index (Phi) is 6.24. The number of halogens is 3. The van der Waals surface area contributed by atoms with Gasteiger partial charge in [0.2, 0.25) is 0 Å². The lowest BCUT2D eigenvalue weighted by Crippen LogP contribution is -2.39. The normalized spacial score (nSPS) is 15.0. The van der Waals surface area contributed by atoms with E-state index >= 15 is 0 Å². The molecule has 4 nitrogen and oxygen atoms in total. The Hall–Kier alpha value is -1.68. The molecule has 0 radical (unpaired) electrons. The lowest BCUT2D eigenvalue weighted by Gasteiger charge is -2.24. The van der Waals surface area contributed by atoms with Gasteiger partial charge in [-0.15, -0.1) is 11.3 Å². The fourth-order valence-electron chi connectivity index (χ4n) is 2.84. The number of alkyl halides is 3. The van der Waals surface area contributed by atoms with Crippen LogP contribution in [0.15, 0.2) is 36.4 Å². The third-order valence-electron chi connectivity index (χ3n) is 4.73. The van der Waals surface area contributed by atoms with Crippen LogP contribution < -0.4 is 16.2 Å². The molecule has 3 rings (SSSR count). The standard InChI is InChI=1S/C20H23F3N2O2S2/c1-19(2,10-24)29(26)9-16(25)12-3-5-17-14(7-12)15-8-13(4-6-18(15)28-17)27-11-20(21,22)23/h3-8,16H,9-11,24-25H2,1-2H3. The van der Waals surface area contributed by atoms with E-state index in [1.54, 1.807) is 23.5 Å². The van der Waals surface area contributed by atoms with E-state index < -0.39 is 34.4 Å². The topological polar surface area (TPSA) is 78.3 Å². The smallest absolute Gasteiger partial charge is 0.422 e. The third-order valence-corrected chi connectivity index (χ3v) is 7.95. The molecule has 0 aliphatic carbocycles. The van der Waals surface area contributed by atoms with Crippen LogP contribution in [0.4, 0.5) is 13.2 Å². The van der Waals surface area contributed by atoms with Crippen LogP contribution in [0.25, 0.3) is 20.2 Å². The molecule has 2 unspecified atom stereocenters. The van der Waals surface area contributed by atoms with Crippen molar-refractivity contribution in [1.29, 1.82) is 0 Å². The molecule has 29 heavy (non-hydrogen) atoms. The molecule has 1 heterocycles. The zero-order chi connectivity index (χ0) is 21.4. The number of fused-ring (bicyclic) bond motifs is 3. The van der Waals surface area contributed by atoms with E-state index in [2.05, 4.69) is 0 Å². The Morgan fingerprint density at radius 2 is 1.72 bits per heavy atom. The van der Waals surface area contributed by atoms with E-state index in [-0.39, 0.29) is 11.5 Å². The van der Waals surface area contributed by atoms with Gasteiger partial charge in [0.25, 0.3) is 0 Å². The number of hydrogen-bond donors (Lipinski definition) is 2. The average Bonchev–Trinajstić information content (AvgIpc) is 3.02. The minimum absolute atomic E-state index is 0.162. The Balaban J connectivity index is 1.91. The summed E-state index contributed by atoms with van der Waals surface area (Å²) < 4.78 is 56.1. The highest BCUT2D eigenvalue weighted by molar-refractivity contribution is 7.86. The molecule has 0 bridgehead atoms. The van der Waals surface area contributed by atoms with Crippen molar-refractivity contribution in [2.45, 2.75) is 30.8 Å². The molecule has 0 aliphatic heterocycles. The number of benzene rings is 2. The predicted molar refractivity (Wildman–Crippen MR) is 114 cm³/mol. The second kappa shape index (κ2) is 8.22. The summed E-state index contributed by atoms with van der Waals surface area (Å²) in [5.74, 6) is 0.438. The van der Waals surface area contributed by atoms with Crippen LogP contribution >= 0.6 is 11.3 Å². The second-order valence-electron chi connectivity index (χ2n) is 7.50. The maximum Gasteiger partial charge on any atom is 0.422 e. The zero-order valence-electron chi connectivity index (χ0n) is 16.1. The van der Waals surface area contributed by atoms with Crippen molar-refractivity contribution >= 4 is 42.3 Å². The summed E-state index contributed by atoms with van der Waals surface area (Å²) in [6.07, 6.45) is -4.39. The zero-order valence-corrected chi connectivity index (χ0v) is 17.7. The highest BCUT2D eigenvalue weighted by Gasteiger charge is 2.28. The minimum Gasteiger partial charge on any atom is -0.484 e. The first kappa shape index (κ1) is 22.0. The van der Waals surface area contributed by atoms with Gasteiger partial charge in [-0.2, -0.15) is 13.2 Å². The molecule has 3 aromatic rings. The van der Waals surface area contributed by atoms with Crippen molar-refractivity contribution in [3.8, 4) is 5.75 Å². The number of nitrogens with two attached hydrogens (primary N) is 2. The summed E-state index contributed by atoms with van der Waals surface area (Å²) in [4.78, 5) is 0. The van der Waals surface area contributed by atoms with Gasteiger partial charge in [0.05, 0.1) is 4.75 Å². The second-order valence-corrected chi connectivity index (χ2v) is 10.7. The molecule has 158 valence electrons. The van der Waals surface area contributed by atoms with Crippen LogP contribution in [0.3, 0.4) is 0 Å². The summed E-state index contributed by atoms with van der Waals surface area (Å²) >= 11 is 1.54. The average molecular weight is 445 g/mol. The first-order chi connectivity index (χ1) is 13.5. The number of rotatable bonds is 7. The molecule has 4 N–H and O–H groups in total. The molecule has 1 aromatic heterocycles. The summed E-state index contributed by atoms with van der Waals surface area (Å²) in [5, 5.41) is 1.70. The highest BCUT2D eigenvalue weighted by Crippen LogP contribution is 2.37. The molecule has 2 atom stereocenters. The molecule has 0 fully saturated rings. The Morgan fingerprint density at radius 3 is 2.34 bits per heavy atom. The van der Waals surface area contributed by atoms with Gasteiger partial charge in [-0.25, -0.2) is 0 Å². The van der Waals surface area contributed by atoms with Crippen molar-refractivity contribution in [3.63, 3.8) is 0 Å². The number of hydrogen-bond acceptors (Lipinski definition) is 5. The minimum atomic E-state index is -4.39. The van der Waals surface area contributed by atoms with Gasteiger partial charge in [-0.1, -0.05) is 6.07 Å². The lowest BCUT2D eigenvalue weighted by molar-refractivity contribution is -0.153. The van der Waals surface area contributed by atoms with Gasteiger partial charge in [-0.05, 0) is 49.7 Å². The van der Waals surface area contributed by atoms with E-state index in [9.17, 15) is 17.4 Å². The van der Waals surface area contributed by atoms with Gasteiger partial charge in [0, 0.05) is 49.3 Å². The van der Waals surface area contributed by atoms with Crippen LogP contribution in [0.5, 0.6) is 5.75 Å². The van der Waals surface area contributed by atoms with E-state index in [0.29, 0.717) is 6.54 Å². The maximum atomic E-state index is 12.5. The van der Waals surface area contributed by atoms with Crippen LogP contribution in [-0.2, 0) is 10.8 Å². The molecule has 9 heteroatoms. The highest BCUT2D eigenvalue weighted by atomic mass is 32.2. The fraction of sp³-hybridized carbons (Fsp3) is 0.400. The molecule has 0 amide bonds. The molecule has 0 saturated heterocycles. The largest absolute Gasteiger partial charge is 0.484 e.